The zero-order valence-electron chi connectivity index (χ0n) is 19.7. The second kappa shape index (κ2) is 11.3. The summed E-state index contributed by atoms with van der Waals surface area (Å²) in [7, 11) is 1.42. The Kier molecular flexibility index (Phi) is 7.94. The molecule has 4 N–H and O–H groups in total. The van der Waals surface area contributed by atoms with Gasteiger partial charge in [-0.15, -0.1) is 0 Å². The first-order valence-corrected chi connectivity index (χ1v) is 11.9. The molecule has 1 amide bonds. The lowest BCUT2D eigenvalue weighted by atomic mass is 10.1. The summed E-state index contributed by atoms with van der Waals surface area (Å²) in [4.78, 5) is 28.3. The van der Waals surface area contributed by atoms with Crippen LogP contribution < -0.4 is 26.0 Å². The minimum Gasteiger partial charge on any atom is -0.494 e. The molecule has 184 valence electrons. The van der Waals surface area contributed by atoms with Crippen LogP contribution in [0, 0.1) is 5.82 Å². The van der Waals surface area contributed by atoms with Crippen molar-refractivity contribution in [1.82, 2.24) is 25.2 Å². The van der Waals surface area contributed by atoms with Crippen LogP contribution in [0.5, 0.6) is 5.75 Å². The molecule has 1 aromatic heterocycles. The number of likely N-dealkylation sites (tertiary alicyclic amines) is 1. The molecule has 2 unspecified atom stereocenters. The number of amides is 1. The summed E-state index contributed by atoms with van der Waals surface area (Å²) in [5, 5.41) is 12.4. The number of aromatic nitrogens is 3. The zero-order chi connectivity index (χ0) is 23.9. The average Bonchev–Trinajstić information content (AvgIpc) is 3.20. The molecule has 3 heterocycles. The predicted molar refractivity (Wildman–Crippen MR) is 129 cm³/mol. The Balaban J connectivity index is 1.54. The summed E-state index contributed by atoms with van der Waals surface area (Å²) in [6.45, 7) is 5.64. The Labute approximate surface area is 199 Å². The molecule has 1 aromatic carbocycles. The molecule has 2 aliphatic heterocycles. The van der Waals surface area contributed by atoms with E-state index in [4.69, 9.17) is 4.74 Å². The van der Waals surface area contributed by atoms with E-state index in [1.807, 2.05) is 0 Å². The largest absolute Gasteiger partial charge is 0.494 e. The first-order valence-electron chi connectivity index (χ1n) is 11.9. The molecule has 0 bridgehead atoms. The zero-order valence-corrected chi connectivity index (χ0v) is 19.7. The van der Waals surface area contributed by atoms with E-state index in [1.165, 1.54) is 25.7 Å². The van der Waals surface area contributed by atoms with Crippen LogP contribution in [0.3, 0.4) is 0 Å². The fraction of sp³-hybridized carbons (Fsp3) is 0.565. The van der Waals surface area contributed by atoms with Gasteiger partial charge in [-0.1, -0.05) is 6.92 Å². The van der Waals surface area contributed by atoms with Crippen LogP contribution >= 0.6 is 0 Å². The van der Waals surface area contributed by atoms with Crippen LogP contribution in [0.4, 0.5) is 27.9 Å². The lowest BCUT2D eigenvalue weighted by Crippen LogP contribution is -2.38. The fourth-order valence-electron chi connectivity index (χ4n) is 4.43. The van der Waals surface area contributed by atoms with Gasteiger partial charge in [-0.25, -0.2) is 4.39 Å². The molecule has 34 heavy (non-hydrogen) atoms. The van der Waals surface area contributed by atoms with Gasteiger partial charge < -0.3 is 26.0 Å². The van der Waals surface area contributed by atoms with Gasteiger partial charge >= 0.3 is 0 Å². The third-order valence-corrected chi connectivity index (χ3v) is 6.28. The van der Waals surface area contributed by atoms with Crippen molar-refractivity contribution in [2.75, 3.05) is 49.2 Å². The summed E-state index contributed by atoms with van der Waals surface area (Å²) >= 11 is 0. The average molecular weight is 473 g/mol. The van der Waals surface area contributed by atoms with Gasteiger partial charge in [0.05, 0.1) is 7.11 Å². The number of carbonyl (C=O) groups excluding carboxylic acids is 1. The first-order chi connectivity index (χ1) is 16.6. The van der Waals surface area contributed by atoms with Crippen molar-refractivity contribution in [2.24, 2.45) is 0 Å². The van der Waals surface area contributed by atoms with Crippen LogP contribution in [-0.2, 0) is 4.79 Å². The number of hydrogen-bond acceptors (Lipinski definition) is 9. The maximum absolute atomic E-state index is 14.2. The minimum atomic E-state index is -0.491. The van der Waals surface area contributed by atoms with E-state index < -0.39 is 11.9 Å². The number of nitrogens with zero attached hydrogens (tertiary/aromatic N) is 4. The Morgan fingerprint density at radius 2 is 1.97 bits per heavy atom. The van der Waals surface area contributed by atoms with Crippen molar-refractivity contribution in [3.8, 4) is 5.75 Å². The van der Waals surface area contributed by atoms with Gasteiger partial charge in [0.1, 0.15) is 6.04 Å². The lowest BCUT2D eigenvalue weighted by molar-refractivity contribution is -0.121. The van der Waals surface area contributed by atoms with E-state index in [2.05, 4.69) is 48.0 Å². The summed E-state index contributed by atoms with van der Waals surface area (Å²) in [6, 6.07) is 4.53. The van der Waals surface area contributed by atoms with Gasteiger partial charge in [-0.3, -0.25) is 9.69 Å². The molecule has 11 heteroatoms. The van der Waals surface area contributed by atoms with Crippen molar-refractivity contribution in [2.45, 2.75) is 51.1 Å². The molecule has 2 saturated heterocycles. The number of likely N-dealkylation sites (N-methyl/N-ethyl adjacent to an activating group) is 1. The smallest absolute Gasteiger partial charge is 0.242 e. The number of halogens is 1. The molecule has 2 fully saturated rings. The number of anilines is 4. The van der Waals surface area contributed by atoms with Crippen molar-refractivity contribution in [1.29, 1.82) is 0 Å². The van der Waals surface area contributed by atoms with Crippen LogP contribution in [0.15, 0.2) is 18.2 Å². The molecule has 10 nitrogen and oxygen atoms in total. The molecule has 0 aliphatic carbocycles. The Morgan fingerprint density at radius 3 is 2.76 bits per heavy atom. The maximum atomic E-state index is 14.2. The lowest BCUT2D eigenvalue weighted by Gasteiger charge is -2.23. The number of ether oxygens (including phenoxy) is 1. The van der Waals surface area contributed by atoms with Crippen LogP contribution in [0.1, 0.15) is 39.0 Å². The minimum absolute atomic E-state index is 0.0660. The Hall–Kier alpha value is -3.21. The third kappa shape index (κ3) is 6.02. The molecule has 0 saturated carbocycles. The fourth-order valence-corrected chi connectivity index (χ4v) is 4.43. The van der Waals surface area contributed by atoms with E-state index in [1.54, 1.807) is 6.07 Å². The van der Waals surface area contributed by atoms with Crippen molar-refractivity contribution in [3.63, 3.8) is 0 Å². The highest BCUT2D eigenvalue weighted by atomic mass is 19.1. The summed E-state index contributed by atoms with van der Waals surface area (Å²) < 4.78 is 19.2. The van der Waals surface area contributed by atoms with Gasteiger partial charge in [0.2, 0.25) is 23.8 Å². The highest BCUT2D eigenvalue weighted by Gasteiger charge is 2.24. The molecule has 4 rings (SSSR count). The van der Waals surface area contributed by atoms with E-state index in [-0.39, 0.29) is 23.6 Å². The number of rotatable bonds is 9. The van der Waals surface area contributed by atoms with Crippen LogP contribution in [0.25, 0.3) is 0 Å². The second-order valence-corrected chi connectivity index (χ2v) is 8.57. The summed E-state index contributed by atoms with van der Waals surface area (Å²) in [6.07, 6.45) is 4.86. The molecular weight excluding hydrogens is 439 g/mol. The summed E-state index contributed by atoms with van der Waals surface area (Å²) in [5.74, 6) is 0.526. The number of nitrogens with one attached hydrogen (secondary N) is 4. The molecule has 2 aromatic rings. The number of hydrogen-bond donors (Lipinski definition) is 4. The number of carbonyl (C=O) groups is 1. The Morgan fingerprint density at radius 1 is 1.15 bits per heavy atom. The quantitative estimate of drug-likeness (QED) is 0.437. The van der Waals surface area contributed by atoms with Gasteiger partial charge in [-0.05, 0) is 57.3 Å². The van der Waals surface area contributed by atoms with Gasteiger partial charge in [-0.2, -0.15) is 15.0 Å². The van der Waals surface area contributed by atoms with Gasteiger partial charge in [0.15, 0.2) is 11.6 Å². The van der Waals surface area contributed by atoms with Crippen LogP contribution in [-0.4, -0.2) is 71.1 Å². The maximum Gasteiger partial charge on any atom is 0.242 e. The molecule has 2 aliphatic rings. The monoisotopic (exact) mass is 472 g/mol. The number of benzene rings is 1. The predicted octanol–water partition coefficient (Wildman–Crippen LogP) is 2.74. The highest BCUT2D eigenvalue weighted by molar-refractivity contribution is 5.84. The topological polar surface area (TPSA) is 116 Å². The van der Waals surface area contributed by atoms with Crippen molar-refractivity contribution in [3.05, 3.63) is 24.0 Å². The van der Waals surface area contributed by atoms with E-state index in [9.17, 15) is 9.18 Å². The van der Waals surface area contributed by atoms with E-state index in [0.29, 0.717) is 37.2 Å². The van der Waals surface area contributed by atoms with E-state index >= 15 is 0 Å². The van der Waals surface area contributed by atoms with Crippen LogP contribution in [0.2, 0.25) is 0 Å². The third-order valence-electron chi connectivity index (χ3n) is 6.28. The van der Waals surface area contributed by atoms with Crippen molar-refractivity contribution < 1.29 is 13.9 Å². The normalized spacial score (nSPS) is 21.0. The Bertz CT molecular complexity index is 991. The molecule has 2 atom stereocenters. The number of methoxy groups -OCH3 is 1. The highest BCUT2D eigenvalue weighted by Crippen LogP contribution is 2.24. The molecule has 0 spiro atoms. The van der Waals surface area contributed by atoms with Gasteiger partial charge in [0, 0.05) is 30.9 Å². The first kappa shape index (κ1) is 23.9. The van der Waals surface area contributed by atoms with Crippen molar-refractivity contribution >= 4 is 29.4 Å². The SMILES string of the molecule is CCN1CCCC1CNc1nc(Nc2ccc(OC)c(F)c2)nc(NC2CCCCNC2=O)n1. The van der Waals surface area contributed by atoms with E-state index in [0.717, 1.165) is 32.4 Å². The second-order valence-electron chi connectivity index (χ2n) is 8.57. The molecule has 0 radical (unpaired) electrons. The standard InChI is InChI=1S/C23H33FN8O2/c1-3-32-12-6-7-16(32)14-26-21-29-22(27-15-9-10-19(34-2)17(24)13-15)31-23(30-21)28-18-8-4-5-11-25-20(18)33/h9-10,13,16,18H,3-8,11-12,14H2,1-2H3,(H,25,33)(H3,26,27,28,29,30,31). The summed E-state index contributed by atoms with van der Waals surface area (Å²) in [5.41, 5.74) is 0.474. The van der Waals surface area contributed by atoms with Gasteiger partial charge in [0.25, 0.3) is 0 Å². The molecular formula is C23H33FN8O2.